The Hall–Kier alpha value is -3.39. The number of Topliss-reactive ketones (excluding diaryl/α,β-unsaturated/α-hetero) is 1. The van der Waals surface area contributed by atoms with E-state index >= 15 is 0 Å². The zero-order chi connectivity index (χ0) is 22.9. The van der Waals surface area contributed by atoms with Gasteiger partial charge in [-0.2, -0.15) is 0 Å². The van der Waals surface area contributed by atoms with E-state index in [0.29, 0.717) is 55.5 Å². The summed E-state index contributed by atoms with van der Waals surface area (Å²) in [6.07, 6.45) is 0. The van der Waals surface area contributed by atoms with Gasteiger partial charge in [-0.3, -0.25) is 9.59 Å². The van der Waals surface area contributed by atoms with Crippen molar-refractivity contribution in [3.8, 4) is 21.9 Å². The maximum Gasteiger partial charge on any atom is 0.264 e. The van der Waals surface area contributed by atoms with E-state index in [1.54, 1.807) is 17.0 Å². The van der Waals surface area contributed by atoms with Gasteiger partial charge in [-0.15, -0.1) is 11.3 Å². The van der Waals surface area contributed by atoms with E-state index in [0.717, 1.165) is 21.9 Å². The molecular formula is C25H23FN2O4S. The van der Waals surface area contributed by atoms with E-state index in [-0.39, 0.29) is 11.7 Å². The molecule has 0 N–H and O–H groups in total. The number of carbonyl (C=O) groups is 2. The third-order valence-corrected chi connectivity index (χ3v) is 7.03. The number of ketones is 1. The minimum absolute atomic E-state index is 0.0177. The van der Waals surface area contributed by atoms with Gasteiger partial charge in [0.25, 0.3) is 5.91 Å². The average Bonchev–Trinajstić information content (AvgIpc) is 3.34. The Morgan fingerprint density at radius 3 is 2.39 bits per heavy atom. The highest BCUT2D eigenvalue weighted by Crippen LogP contribution is 2.37. The van der Waals surface area contributed by atoms with Crippen molar-refractivity contribution in [1.29, 1.82) is 0 Å². The Bertz CT molecular complexity index is 1220. The van der Waals surface area contributed by atoms with Crippen LogP contribution in [0.25, 0.3) is 10.4 Å². The van der Waals surface area contributed by atoms with Crippen molar-refractivity contribution in [2.45, 2.75) is 6.92 Å². The van der Waals surface area contributed by atoms with E-state index in [2.05, 4.69) is 0 Å². The summed E-state index contributed by atoms with van der Waals surface area (Å²) >= 11 is 1.45. The molecule has 2 aliphatic rings. The number of anilines is 1. The Kier molecular flexibility index (Phi) is 5.76. The summed E-state index contributed by atoms with van der Waals surface area (Å²) in [7, 11) is 0. The van der Waals surface area contributed by atoms with Gasteiger partial charge in [0.1, 0.15) is 19.0 Å². The second-order valence-electron chi connectivity index (χ2n) is 8.02. The number of nitrogens with zero attached hydrogens (tertiary/aromatic N) is 2. The predicted octanol–water partition coefficient (Wildman–Crippen LogP) is 4.49. The molecule has 170 valence electrons. The van der Waals surface area contributed by atoms with Gasteiger partial charge >= 0.3 is 0 Å². The molecular weight excluding hydrogens is 443 g/mol. The second kappa shape index (κ2) is 8.86. The average molecular weight is 467 g/mol. The van der Waals surface area contributed by atoms with Crippen LogP contribution < -0.4 is 14.4 Å². The monoisotopic (exact) mass is 466 g/mol. The SMILES string of the molecule is CC(=O)c1ccc(N2CCN(C(=O)c3ccc(-c4ccc5c(c4)OCCO5)s3)CC2)c(F)c1. The van der Waals surface area contributed by atoms with Gasteiger partial charge in [0.2, 0.25) is 0 Å². The summed E-state index contributed by atoms with van der Waals surface area (Å²) in [5.74, 6) is 0.867. The Morgan fingerprint density at radius 1 is 0.909 bits per heavy atom. The van der Waals surface area contributed by atoms with Crippen molar-refractivity contribution in [2.75, 3.05) is 44.3 Å². The lowest BCUT2D eigenvalue weighted by molar-refractivity contribution is 0.0751. The van der Waals surface area contributed by atoms with Crippen LogP contribution in [0.4, 0.5) is 10.1 Å². The lowest BCUT2D eigenvalue weighted by Gasteiger charge is -2.36. The maximum absolute atomic E-state index is 14.5. The van der Waals surface area contributed by atoms with Crippen LogP contribution in [0.3, 0.4) is 0 Å². The quantitative estimate of drug-likeness (QED) is 0.531. The molecule has 1 aromatic heterocycles. The number of fused-ring (bicyclic) bond motifs is 1. The molecule has 2 aliphatic heterocycles. The van der Waals surface area contributed by atoms with Crippen LogP contribution in [0.15, 0.2) is 48.5 Å². The molecule has 0 saturated carbocycles. The van der Waals surface area contributed by atoms with Gasteiger partial charge in [-0.05, 0) is 61.0 Å². The molecule has 33 heavy (non-hydrogen) atoms. The van der Waals surface area contributed by atoms with Crippen LogP contribution in [-0.4, -0.2) is 56.0 Å². The Morgan fingerprint density at radius 2 is 1.67 bits per heavy atom. The second-order valence-corrected chi connectivity index (χ2v) is 9.11. The number of ether oxygens (including phenoxy) is 2. The summed E-state index contributed by atoms with van der Waals surface area (Å²) < 4.78 is 25.7. The molecule has 2 aromatic carbocycles. The van der Waals surface area contributed by atoms with E-state index in [9.17, 15) is 14.0 Å². The van der Waals surface area contributed by atoms with Gasteiger partial charge in [0.15, 0.2) is 17.3 Å². The lowest BCUT2D eigenvalue weighted by atomic mass is 10.1. The molecule has 3 heterocycles. The number of hydrogen-bond donors (Lipinski definition) is 0. The van der Waals surface area contributed by atoms with Gasteiger partial charge in [0.05, 0.1) is 10.6 Å². The van der Waals surface area contributed by atoms with Crippen LogP contribution in [-0.2, 0) is 0 Å². The number of rotatable bonds is 4. The van der Waals surface area contributed by atoms with Gasteiger partial charge in [0, 0.05) is 36.6 Å². The molecule has 0 atom stereocenters. The van der Waals surface area contributed by atoms with E-state index in [1.807, 2.05) is 35.2 Å². The summed E-state index contributed by atoms with van der Waals surface area (Å²) in [6.45, 7) is 4.57. The van der Waals surface area contributed by atoms with Crippen LogP contribution in [0, 0.1) is 5.82 Å². The van der Waals surface area contributed by atoms with Gasteiger partial charge in [-0.1, -0.05) is 0 Å². The van der Waals surface area contributed by atoms with E-state index in [1.165, 1.54) is 24.3 Å². The molecule has 0 unspecified atom stereocenters. The number of thiophene rings is 1. The molecule has 5 rings (SSSR count). The molecule has 0 bridgehead atoms. The molecule has 8 heteroatoms. The topological polar surface area (TPSA) is 59.1 Å². The minimum Gasteiger partial charge on any atom is -0.486 e. The molecule has 0 spiro atoms. The first-order chi connectivity index (χ1) is 16.0. The minimum atomic E-state index is -0.412. The summed E-state index contributed by atoms with van der Waals surface area (Å²) in [5.41, 5.74) is 1.80. The first-order valence-electron chi connectivity index (χ1n) is 10.8. The summed E-state index contributed by atoms with van der Waals surface area (Å²) in [5, 5.41) is 0. The van der Waals surface area contributed by atoms with Crippen LogP contribution in [0.5, 0.6) is 11.5 Å². The summed E-state index contributed by atoms with van der Waals surface area (Å²) in [6, 6.07) is 14.2. The molecule has 1 saturated heterocycles. The largest absolute Gasteiger partial charge is 0.486 e. The van der Waals surface area contributed by atoms with Crippen molar-refractivity contribution >= 4 is 28.7 Å². The van der Waals surface area contributed by atoms with Gasteiger partial charge in [-0.25, -0.2) is 4.39 Å². The predicted molar refractivity (Wildman–Crippen MR) is 125 cm³/mol. The number of piperazine rings is 1. The maximum atomic E-state index is 14.5. The van der Waals surface area contributed by atoms with Crippen LogP contribution in [0.2, 0.25) is 0 Å². The highest BCUT2D eigenvalue weighted by Gasteiger charge is 2.25. The number of carbonyl (C=O) groups excluding carboxylic acids is 2. The number of benzene rings is 2. The fraction of sp³-hybridized carbons (Fsp3) is 0.280. The fourth-order valence-corrected chi connectivity index (χ4v) is 5.06. The molecule has 6 nitrogen and oxygen atoms in total. The standard InChI is InChI=1S/C25H23FN2O4S/c1-16(29)17-2-4-20(19(26)14-17)27-8-10-28(11-9-27)25(30)24-7-6-23(33-24)18-3-5-21-22(15-18)32-13-12-31-21/h2-7,14-15H,8-13H2,1H3. The first kappa shape index (κ1) is 21.5. The lowest BCUT2D eigenvalue weighted by Crippen LogP contribution is -2.48. The van der Waals surface area contributed by atoms with Crippen molar-refractivity contribution in [3.63, 3.8) is 0 Å². The smallest absolute Gasteiger partial charge is 0.264 e. The first-order valence-corrected chi connectivity index (χ1v) is 11.7. The highest BCUT2D eigenvalue weighted by atomic mass is 32.1. The van der Waals surface area contributed by atoms with Crippen molar-refractivity contribution in [1.82, 2.24) is 4.90 Å². The van der Waals surface area contributed by atoms with Crippen LogP contribution >= 0.6 is 11.3 Å². The van der Waals surface area contributed by atoms with Crippen molar-refractivity contribution < 1.29 is 23.5 Å². The third-order valence-electron chi connectivity index (χ3n) is 5.91. The van der Waals surface area contributed by atoms with E-state index < -0.39 is 5.82 Å². The normalized spacial score (nSPS) is 15.5. The number of halogens is 1. The highest BCUT2D eigenvalue weighted by molar-refractivity contribution is 7.17. The fourth-order valence-electron chi connectivity index (χ4n) is 4.09. The third kappa shape index (κ3) is 4.30. The molecule has 3 aromatic rings. The summed E-state index contributed by atoms with van der Waals surface area (Å²) in [4.78, 5) is 29.9. The Balaban J connectivity index is 1.25. The van der Waals surface area contributed by atoms with Crippen molar-refractivity contribution in [3.05, 3.63) is 64.8 Å². The molecule has 1 amide bonds. The zero-order valence-corrected chi connectivity index (χ0v) is 19.0. The zero-order valence-electron chi connectivity index (χ0n) is 18.2. The van der Waals surface area contributed by atoms with E-state index in [4.69, 9.17) is 9.47 Å². The number of hydrogen-bond acceptors (Lipinski definition) is 6. The van der Waals surface area contributed by atoms with Crippen molar-refractivity contribution in [2.24, 2.45) is 0 Å². The number of amides is 1. The molecule has 0 radical (unpaired) electrons. The molecule has 1 fully saturated rings. The molecule has 0 aliphatic carbocycles. The van der Waals surface area contributed by atoms with Gasteiger partial charge < -0.3 is 19.3 Å². The Labute approximate surface area is 195 Å². The van der Waals surface area contributed by atoms with Crippen LogP contribution in [0.1, 0.15) is 27.0 Å².